The van der Waals surface area contributed by atoms with E-state index in [1.807, 2.05) is 0 Å². The zero-order valence-electron chi connectivity index (χ0n) is 12.8. The average Bonchev–Trinajstić information content (AvgIpc) is 2.82. The summed E-state index contributed by atoms with van der Waals surface area (Å²) in [4.78, 5) is 46.4. The molecule has 3 amide bonds. The van der Waals surface area contributed by atoms with E-state index in [-0.39, 0.29) is 24.1 Å². The summed E-state index contributed by atoms with van der Waals surface area (Å²) in [5, 5.41) is 10.8. The number of thioether (sulfide) groups is 1. The van der Waals surface area contributed by atoms with Crippen LogP contribution in [-0.4, -0.2) is 69.8 Å². The number of nitrogens with zero attached hydrogens (tertiary/aromatic N) is 1. The minimum Gasteiger partial charge on any atom is -0.480 e. The number of likely N-dealkylation sites (tertiary alicyclic amines) is 1. The van der Waals surface area contributed by atoms with E-state index >= 15 is 0 Å². The van der Waals surface area contributed by atoms with E-state index < -0.39 is 11.2 Å². The van der Waals surface area contributed by atoms with Gasteiger partial charge >= 0.3 is 5.97 Å². The average molecular weight is 381 g/mol. The van der Waals surface area contributed by atoms with Crippen LogP contribution >= 0.6 is 33.3 Å². The Morgan fingerprint density at radius 3 is 2.39 bits per heavy atom. The predicted molar refractivity (Wildman–Crippen MR) is 93.4 cm³/mol. The molecule has 0 aromatic carbocycles. The van der Waals surface area contributed by atoms with E-state index in [9.17, 15) is 19.2 Å². The molecule has 0 radical (unpaired) electrons. The second kappa shape index (κ2) is 10.8. The molecule has 0 bridgehead atoms. The van der Waals surface area contributed by atoms with Crippen molar-refractivity contribution >= 4 is 57.0 Å². The van der Waals surface area contributed by atoms with E-state index in [0.717, 1.165) is 11.8 Å². The molecule has 1 saturated heterocycles. The van der Waals surface area contributed by atoms with Gasteiger partial charge in [-0.15, -0.1) is 11.8 Å². The second-order valence-electron chi connectivity index (χ2n) is 4.70. The standard InChI is InChI=1S/C13H20N2O5S3/c1-21-9(13(19)20)8-10(16)14-4-6-22-23-7-5-15-11(17)2-3-12(15)18/h9H,2-8H2,1H3,(H,14,16)(H,19,20). The fourth-order valence-electron chi connectivity index (χ4n) is 1.86. The van der Waals surface area contributed by atoms with Gasteiger partial charge in [0.1, 0.15) is 5.25 Å². The van der Waals surface area contributed by atoms with Crippen LogP contribution in [0.25, 0.3) is 0 Å². The van der Waals surface area contributed by atoms with Gasteiger partial charge in [0.25, 0.3) is 0 Å². The number of hydrogen-bond donors (Lipinski definition) is 2. The van der Waals surface area contributed by atoms with E-state index in [2.05, 4.69) is 5.32 Å². The van der Waals surface area contributed by atoms with Gasteiger partial charge in [-0.3, -0.25) is 24.1 Å². The molecule has 1 aliphatic rings. The fraction of sp³-hybridized carbons (Fsp3) is 0.692. The molecule has 130 valence electrons. The first kappa shape index (κ1) is 20.2. The number of carboxylic acid groups (broad SMARTS) is 1. The van der Waals surface area contributed by atoms with Crippen molar-refractivity contribution in [3.05, 3.63) is 0 Å². The number of imide groups is 1. The van der Waals surface area contributed by atoms with Crippen LogP contribution in [0.5, 0.6) is 0 Å². The van der Waals surface area contributed by atoms with E-state index in [1.165, 1.54) is 4.90 Å². The quantitative estimate of drug-likeness (QED) is 0.309. The molecule has 7 nitrogen and oxygen atoms in total. The van der Waals surface area contributed by atoms with Crippen LogP contribution in [0.4, 0.5) is 0 Å². The Morgan fingerprint density at radius 1 is 1.22 bits per heavy atom. The van der Waals surface area contributed by atoms with Crippen molar-refractivity contribution in [1.82, 2.24) is 10.2 Å². The third kappa shape index (κ3) is 7.49. The van der Waals surface area contributed by atoms with E-state index in [1.54, 1.807) is 27.8 Å². The number of amides is 3. The van der Waals surface area contributed by atoms with Crippen LogP contribution in [0.2, 0.25) is 0 Å². The minimum atomic E-state index is -0.983. The summed E-state index contributed by atoms with van der Waals surface area (Å²) in [6, 6.07) is 0. The van der Waals surface area contributed by atoms with Gasteiger partial charge in [-0.2, -0.15) is 0 Å². The Balaban J connectivity index is 2.03. The zero-order chi connectivity index (χ0) is 17.2. The number of hydrogen-bond acceptors (Lipinski definition) is 7. The SMILES string of the molecule is CSC(CC(=O)NCCSSCCN1C(=O)CCC1=O)C(=O)O. The number of carbonyl (C=O) groups excluding carboxylic acids is 3. The third-order valence-electron chi connectivity index (χ3n) is 3.07. The molecule has 0 aromatic rings. The normalized spacial score (nSPS) is 15.8. The maximum atomic E-state index is 11.6. The molecule has 2 N–H and O–H groups in total. The Labute approximate surface area is 147 Å². The van der Waals surface area contributed by atoms with Crippen molar-refractivity contribution in [3.8, 4) is 0 Å². The number of rotatable bonds is 11. The first-order chi connectivity index (χ1) is 11.0. The Bertz CT molecular complexity index is 445. The highest BCUT2D eigenvalue weighted by atomic mass is 33.1. The molecule has 23 heavy (non-hydrogen) atoms. The van der Waals surface area contributed by atoms with Crippen LogP contribution in [-0.2, 0) is 19.2 Å². The summed E-state index contributed by atoms with van der Waals surface area (Å²) in [7, 11) is 3.08. The molecule has 0 aromatic heterocycles. The van der Waals surface area contributed by atoms with Gasteiger partial charge < -0.3 is 10.4 Å². The Kier molecular flexibility index (Phi) is 9.49. The zero-order valence-corrected chi connectivity index (χ0v) is 15.2. The number of carboxylic acids is 1. The van der Waals surface area contributed by atoms with E-state index in [0.29, 0.717) is 37.4 Å². The van der Waals surface area contributed by atoms with Crippen LogP contribution in [0.3, 0.4) is 0 Å². The molecule has 1 rings (SSSR count). The molecular formula is C13H20N2O5S3. The highest BCUT2D eigenvalue weighted by Crippen LogP contribution is 2.21. The second-order valence-corrected chi connectivity index (χ2v) is 8.44. The van der Waals surface area contributed by atoms with Crippen molar-refractivity contribution in [2.75, 3.05) is 30.9 Å². The lowest BCUT2D eigenvalue weighted by molar-refractivity contribution is -0.138. The van der Waals surface area contributed by atoms with Gasteiger partial charge in [-0.1, -0.05) is 21.6 Å². The summed E-state index contributed by atoms with van der Waals surface area (Å²) in [6.45, 7) is 0.883. The summed E-state index contributed by atoms with van der Waals surface area (Å²) >= 11 is 1.14. The van der Waals surface area contributed by atoms with Gasteiger partial charge in [-0.05, 0) is 6.26 Å². The molecule has 0 spiro atoms. The third-order valence-corrected chi connectivity index (χ3v) is 6.40. The maximum Gasteiger partial charge on any atom is 0.317 e. The summed E-state index contributed by atoms with van der Waals surface area (Å²) in [5.41, 5.74) is 0. The summed E-state index contributed by atoms with van der Waals surface area (Å²) < 4.78 is 0. The summed E-state index contributed by atoms with van der Waals surface area (Å²) in [5.74, 6) is -0.127. The van der Waals surface area contributed by atoms with Crippen LogP contribution in [0.15, 0.2) is 0 Å². The first-order valence-corrected chi connectivity index (χ1v) is 10.8. The smallest absolute Gasteiger partial charge is 0.317 e. The van der Waals surface area contributed by atoms with Crippen molar-refractivity contribution in [3.63, 3.8) is 0 Å². The Morgan fingerprint density at radius 2 is 1.83 bits per heavy atom. The molecule has 10 heteroatoms. The van der Waals surface area contributed by atoms with Crippen molar-refractivity contribution in [2.24, 2.45) is 0 Å². The van der Waals surface area contributed by atoms with Gasteiger partial charge in [0.05, 0.1) is 0 Å². The lowest BCUT2D eigenvalue weighted by Gasteiger charge is -2.12. The first-order valence-electron chi connectivity index (χ1n) is 7.05. The monoisotopic (exact) mass is 380 g/mol. The van der Waals surface area contributed by atoms with E-state index in [4.69, 9.17) is 5.11 Å². The molecule has 1 atom stereocenters. The van der Waals surface area contributed by atoms with Crippen LogP contribution in [0.1, 0.15) is 19.3 Å². The molecular weight excluding hydrogens is 360 g/mol. The highest BCUT2D eigenvalue weighted by Gasteiger charge is 2.28. The van der Waals surface area contributed by atoms with Gasteiger partial charge in [-0.25, -0.2) is 0 Å². The predicted octanol–water partition coefficient (Wildman–Crippen LogP) is 0.839. The highest BCUT2D eigenvalue weighted by molar-refractivity contribution is 8.76. The number of carbonyl (C=O) groups is 4. The van der Waals surface area contributed by atoms with Crippen molar-refractivity contribution in [2.45, 2.75) is 24.5 Å². The van der Waals surface area contributed by atoms with Crippen molar-refractivity contribution in [1.29, 1.82) is 0 Å². The number of nitrogens with one attached hydrogen (secondary N) is 1. The molecule has 0 saturated carbocycles. The maximum absolute atomic E-state index is 11.6. The lowest BCUT2D eigenvalue weighted by atomic mass is 10.3. The van der Waals surface area contributed by atoms with Gasteiger partial charge in [0.2, 0.25) is 17.7 Å². The topological polar surface area (TPSA) is 104 Å². The molecule has 1 unspecified atom stereocenters. The van der Waals surface area contributed by atoms with Crippen LogP contribution in [0, 0.1) is 0 Å². The fourth-order valence-corrected chi connectivity index (χ4v) is 4.24. The molecule has 1 fully saturated rings. The van der Waals surface area contributed by atoms with Gasteiger partial charge in [0.15, 0.2) is 0 Å². The summed E-state index contributed by atoms with van der Waals surface area (Å²) in [6.07, 6.45) is 2.26. The lowest BCUT2D eigenvalue weighted by Crippen LogP contribution is -2.31. The van der Waals surface area contributed by atoms with Crippen LogP contribution < -0.4 is 5.32 Å². The molecule has 1 heterocycles. The van der Waals surface area contributed by atoms with Gasteiger partial charge in [0, 0.05) is 43.9 Å². The van der Waals surface area contributed by atoms with Crippen molar-refractivity contribution < 1.29 is 24.3 Å². The molecule has 1 aliphatic heterocycles. The number of aliphatic carboxylic acids is 1. The largest absolute Gasteiger partial charge is 0.480 e. The molecule has 0 aliphatic carbocycles. The Hall–Kier alpha value is -0.870. The minimum absolute atomic E-state index is 0.0342.